The Morgan fingerprint density at radius 3 is 2.37 bits per heavy atom. The maximum Gasteiger partial charge on any atom is 0.300 e. The van der Waals surface area contributed by atoms with E-state index in [-0.39, 0.29) is 16.8 Å². The molecule has 150 valence electrons. The Morgan fingerprint density at radius 2 is 1.77 bits per heavy atom. The van der Waals surface area contributed by atoms with Gasteiger partial charge in [-0.25, -0.2) is 0 Å². The number of nitro benzene ring substituents is 1. The number of rotatable bonds is 4. The second-order valence-corrected chi connectivity index (χ2v) is 6.77. The summed E-state index contributed by atoms with van der Waals surface area (Å²) in [6, 6.07) is 14.4. The van der Waals surface area contributed by atoms with Crippen LogP contribution in [0.25, 0.3) is 5.76 Å². The summed E-state index contributed by atoms with van der Waals surface area (Å²) >= 11 is 0. The van der Waals surface area contributed by atoms with Crippen molar-refractivity contribution in [2.45, 2.75) is 13.0 Å². The molecule has 1 aromatic heterocycles. The van der Waals surface area contributed by atoms with Gasteiger partial charge < -0.3 is 9.52 Å². The van der Waals surface area contributed by atoms with Gasteiger partial charge in [-0.05, 0) is 42.8 Å². The first kappa shape index (κ1) is 19.1. The topological polar surface area (TPSA) is 114 Å². The highest BCUT2D eigenvalue weighted by Crippen LogP contribution is 2.43. The highest BCUT2D eigenvalue weighted by molar-refractivity contribution is 6.51. The van der Waals surface area contributed by atoms with E-state index in [9.17, 15) is 24.8 Å². The third-order valence-corrected chi connectivity index (χ3v) is 4.98. The molecule has 1 aliphatic rings. The lowest BCUT2D eigenvalue weighted by Crippen LogP contribution is -2.29. The van der Waals surface area contributed by atoms with Crippen LogP contribution in [0.5, 0.6) is 0 Å². The van der Waals surface area contributed by atoms with E-state index in [2.05, 4.69) is 0 Å². The number of furan rings is 1. The Hall–Kier alpha value is -4.20. The van der Waals surface area contributed by atoms with Crippen LogP contribution < -0.4 is 4.90 Å². The van der Waals surface area contributed by atoms with E-state index in [0.717, 1.165) is 5.56 Å². The van der Waals surface area contributed by atoms with Gasteiger partial charge in [0.1, 0.15) is 17.6 Å². The molecule has 4 rings (SSSR count). The number of carbonyl (C=O) groups excluding carboxylic acids is 2. The number of ketones is 1. The summed E-state index contributed by atoms with van der Waals surface area (Å²) in [5.41, 5.74) is 1.16. The van der Waals surface area contributed by atoms with E-state index in [0.29, 0.717) is 11.4 Å². The number of benzene rings is 2. The molecule has 2 heterocycles. The fraction of sp³-hybridized carbons (Fsp3) is 0.0909. The van der Waals surface area contributed by atoms with E-state index >= 15 is 0 Å². The molecule has 1 aliphatic heterocycles. The molecule has 3 aromatic rings. The number of aliphatic hydroxyl groups excluding tert-OH is 1. The highest BCUT2D eigenvalue weighted by Gasteiger charge is 2.48. The zero-order valence-corrected chi connectivity index (χ0v) is 15.8. The van der Waals surface area contributed by atoms with Crippen LogP contribution in [-0.2, 0) is 9.59 Å². The molecule has 0 aliphatic carbocycles. The Kier molecular flexibility index (Phi) is 4.67. The number of nitro groups is 1. The molecule has 1 fully saturated rings. The van der Waals surface area contributed by atoms with Crippen LogP contribution in [0.3, 0.4) is 0 Å². The largest absolute Gasteiger partial charge is 0.507 e. The van der Waals surface area contributed by atoms with Crippen LogP contribution in [0.4, 0.5) is 11.4 Å². The predicted molar refractivity (Wildman–Crippen MR) is 108 cm³/mol. The molecule has 0 bridgehead atoms. The van der Waals surface area contributed by atoms with Crippen LogP contribution in [0.15, 0.2) is 76.9 Å². The molecule has 8 heteroatoms. The van der Waals surface area contributed by atoms with Crippen molar-refractivity contribution in [3.63, 3.8) is 0 Å². The van der Waals surface area contributed by atoms with Gasteiger partial charge in [0.15, 0.2) is 0 Å². The Bertz CT molecular complexity index is 1180. The molecule has 1 amide bonds. The average Bonchev–Trinajstić information content (AvgIpc) is 3.35. The standard InChI is InChI=1S/C22H16N2O6/c1-13-5-2-3-6-16(13)23-19(17-7-4-12-30-17)18(21(26)22(23)27)20(25)14-8-10-15(11-9-14)24(28)29/h2-12,19,25H,1H3/b20-18-. The van der Waals surface area contributed by atoms with Gasteiger partial charge in [0.25, 0.3) is 17.4 Å². The number of hydrogen-bond acceptors (Lipinski definition) is 6. The van der Waals surface area contributed by atoms with Crippen LogP contribution >= 0.6 is 0 Å². The SMILES string of the molecule is Cc1ccccc1N1C(=O)C(=O)/C(=C(\O)c2ccc([N+](=O)[O-])cc2)C1c1ccco1. The van der Waals surface area contributed by atoms with Gasteiger partial charge in [-0.15, -0.1) is 0 Å². The maximum absolute atomic E-state index is 13.0. The summed E-state index contributed by atoms with van der Waals surface area (Å²) in [6.07, 6.45) is 1.42. The minimum Gasteiger partial charge on any atom is -0.507 e. The van der Waals surface area contributed by atoms with Crippen molar-refractivity contribution >= 4 is 28.8 Å². The molecule has 0 radical (unpaired) electrons. The monoisotopic (exact) mass is 404 g/mol. The van der Waals surface area contributed by atoms with E-state index in [4.69, 9.17) is 4.42 Å². The van der Waals surface area contributed by atoms with Gasteiger partial charge in [-0.1, -0.05) is 18.2 Å². The van der Waals surface area contributed by atoms with Crippen LogP contribution in [-0.4, -0.2) is 21.7 Å². The number of amides is 1. The minimum absolute atomic E-state index is 0.146. The first-order valence-electron chi connectivity index (χ1n) is 9.05. The Labute approximate surface area is 170 Å². The van der Waals surface area contributed by atoms with Crippen molar-refractivity contribution in [2.75, 3.05) is 4.90 Å². The fourth-order valence-corrected chi connectivity index (χ4v) is 3.53. The van der Waals surface area contributed by atoms with Crippen LogP contribution in [0, 0.1) is 17.0 Å². The van der Waals surface area contributed by atoms with Crippen molar-refractivity contribution in [2.24, 2.45) is 0 Å². The molecule has 1 atom stereocenters. The van der Waals surface area contributed by atoms with E-state index < -0.39 is 28.4 Å². The van der Waals surface area contributed by atoms with Gasteiger partial charge >= 0.3 is 0 Å². The normalized spacial score (nSPS) is 18.0. The van der Waals surface area contributed by atoms with Gasteiger partial charge in [0.05, 0.1) is 16.8 Å². The smallest absolute Gasteiger partial charge is 0.300 e. The number of para-hydroxylation sites is 1. The lowest BCUT2D eigenvalue weighted by atomic mass is 9.99. The second-order valence-electron chi connectivity index (χ2n) is 6.77. The molecule has 30 heavy (non-hydrogen) atoms. The molecular weight excluding hydrogens is 388 g/mol. The third kappa shape index (κ3) is 3.04. The number of anilines is 1. The van der Waals surface area contributed by atoms with Gasteiger partial charge in [0, 0.05) is 23.4 Å². The summed E-state index contributed by atoms with van der Waals surface area (Å²) < 4.78 is 5.49. The first-order valence-corrected chi connectivity index (χ1v) is 9.05. The third-order valence-electron chi connectivity index (χ3n) is 4.98. The zero-order valence-electron chi connectivity index (χ0n) is 15.8. The van der Waals surface area contributed by atoms with Gasteiger partial charge in [-0.2, -0.15) is 0 Å². The Balaban J connectivity index is 1.90. The lowest BCUT2D eigenvalue weighted by Gasteiger charge is -2.24. The molecule has 0 spiro atoms. The molecule has 1 N–H and O–H groups in total. The fourth-order valence-electron chi connectivity index (χ4n) is 3.53. The summed E-state index contributed by atoms with van der Waals surface area (Å²) in [6.45, 7) is 1.81. The molecular formula is C22H16N2O6. The van der Waals surface area contributed by atoms with E-state index in [1.54, 1.807) is 24.3 Å². The zero-order chi connectivity index (χ0) is 21.4. The quantitative estimate of drug-likeness (QED) is 0.230. The number of aryl methyl sites for hydroxylation is 1. The summed E-state index contributed by atoms with van der Waals surface area (Å²) in [4.78, 5) is 37.5. The number of Topliss-reactive ketones (excluding diaryl/α,β-unsaturated/α-hetero) is 1. The van der Waals surface area contributed by atoms with Crippen molar-refractivity contribution < 1.29 is 24.0 Å². The molecule has 0 saturated carbocycles. The summed E-state index contributed by atoms with van der Waals surface area (Å²) in [5, 5.41) is 21.8. The van der Waals surface area contributed by atoms with Crippen molar-refractivity contribution in [3.05, 3.63) is 99.5 Å². The first-order chi connectivity index (χ1) is 14.4. The highest BCUT2D eigenvalue weighted by atomic mass is 16.6. The lowest BCUT2D eigenvalue weighted by molar-refractivity contribution is -0.384. The van der Waals surface area contributed by atoms with Crippen molar-refractivity contribution in [1.82, 2.24) is 0 Å². The average molecular weight is 404 g/mol. The number of hydrogen-bond donors (Lipinski definition) is 1. The van der Waals surface area contributed by atoms with E-state index in [1.165, 1.54) is 35.4 Å². The van der Waals surface area contributed by atoms with Gasteiger partial charge in [0.2, 0.25) is 0 Å². The van der Waals surface area contributed by atoms with Gasteiger partial charge in [-0.3, -0.25) is 24.6 Å². The molecule has 1 saturated heterocycles. The minimum atomic E-state index is -0.976. The van der Waals surface area contributed by atoms with Crippen LogP contribution in [0.2, 0.25) is 0 Å². The second kappa shape index (κ2) is 7.32. The maximum atomic E-state index is 13.0. The number of non-ortho nitro benzene ring substituents is 1. The molecule has 1 unspecified atom stereocenters. The number of nitrogens with zero attached hydrogens (tertiary/aromatic N) is 2. The van der Waals surface area contributed by atoms with Crippen LogP contribution in [0.1, 0.15) is 22.9 Å². The summed E-state index contributed by atoms with van der Waals surface area (Å²) in [5.74, 6) is -1.79. The van der Waals surface area contributed by atoms with Crippen molar-refractivity contribution in [1.29, 1.82) is 0 Å². The predicted octanol–water partition coefficient (Wildman–Crippen LogP) is 4.12. The molecule has 8 nitrogen and oxygen atoms in total. The number of carbonyl (C=O) groups is 2. The van der Waals surface area contributed by atoms with Crippen molar-refractivity contribution in [3.8, 4) is 0 Å². The summed E-state index contributed by atoms with van der Waals surface area (Å²) in [7, 11) is 0. The Morgan fingerprint density at radius 1 is 1.07 bits per heavy atom. The number of aliphatic hydroxyl groups is 1. The molecule has 2 aromatic carbocycles. The van der Waals surface area contributed by atoms with E-state index in [1.807, 2.05) is 19.1 Å².